The zero-order chi connectivity index (χ0) is 28.1. The van der Waals surface area contributed by atoms with E-state index >= 15 is 0 Å². The number of halogens is 1. The quantitative estimate of drug-likeness (QED) is 0.322. The van der Waals surface area contributed by atoms with Gasteiger partial charge in [-0.1, -0.05) is 41.9 Å². The summed E-state index contributed by atoms with van der Waals surface area (Å²) in [4.78, 5) is 40.2. The van der Waals surface area contributed by atoms with Gasteiger partial charge in [0.05, 0.1) is 11.3 Å². The number of aromatic nitrogens is 4. The minimum atomic E-state index is -1.05. The predicted molar refractivity (Wildman–Crippen MR) is 149 cm³/mol. The average molecular weight is 557 g/mol. The summed E-state index contributed by atoms with van der Waals surface area (Å²) in [5.41, 5.74) is 2.78. The number of anilines is 1. The number of rotatable bonds is 7. The Kier molecular flexibility index (Phi) is 7.97. The van der Waals surface area contributed by atoms with E-state index in [9.17, 15) is 19.5 Å². The number of hydrogen-bond donors (Lipinski definition) is 2. The van der Waals surface area contributed by atoms with Crippen LogP contribution in [-0.2, 0) is 9.59 Å². The molecule has 1 aromatic heterocycles. The van der Waals surface area contributed by atoms with Crippen LogP contribution in [0.4, 0.5) is 5.69 Å². The molecule has 5 rings (SSSR count). The van der Waals surface area contributed by atoms with E-state index in [1.807, 2.05) is 30.3 Å². The van der Waals surface area contributed by atoms with Crippen LogP contribution in [0, 0.1) is 0 Å². The summed E-state index contributed by atoms with van der Waals surface area (Å²) in [7, 11) is 0. The topological polar surface area (TPSA) is 130 Å². The summed E-state index contributed by atoms with van der Waals surface area (Å²) in [6.45, 7) is 0.401. The number of aromatic carboxylic acids is 1. The molecule has 0 spiro atoms. The lowest BCUT2D eigenvalue weighted by Crippen LogP contribution is -2.53. The van der Waals surface area contributed by atoms with Crippen LogP contribution in [0.2, 0.25) is 5.02 Å². The highest BCUT2D eigenvalue weighted by atomic mass is 35.5. The lowest BCUT2D eigenvalue weighted by molar-refractivity contribution is -0.137. The van der Waals surface area contributed by atoms with Crippen LogP contribution in [0.5, 0.6) is 0 Å². The third kappa shape index (κ3) is 5.92. The number of carboxylic acid groups (broad SMARTS) is 1. The van der Waals surface area contributed by atoms with Crippen LogP contribution in [0.1, 0.15) is 40.2 Å². The third-order valence-electron chi connectivity index (χ3n) is 6.80. The monoisotopic (exact) mass is 556 g/mol. The molecule has 4 aromatic rings. The van der Waals surface area contributed by atoms with Crippen molar-refractivity contribution < 1.29 is 19.5 Å². The van der Waals surface area contributed by atoms with Gasteiger partial charge in [0.2, 0.25) is 11.8 Å². The molecule has 2 amide bonds. The third-order valence-corrected chi connectivity index (χ3v) is 7.04. The molecule has 1 fully saturated rings. The number of carbonyl (C=O) groups is 3. The Morgan fingerprint density at radius 2 is 1.80 bits per heavy atom. The maximum atomic E-state index is 13.7. The molecule has 1 aliphatic rings. The summed E-state index contributed by atoms with van der Waals surface area (Å²) in [6.07, 6.45) is 5.96. The molecule has 3 aromatic carbocycles. The number of likely N-dealkylation sites (tertiary alicyclic amines) is 1. The first-order chi connectivity index (χ1) is 19.4. The van der Waals surface area contributed by atoms with Gasteiger partial charge < -0.3 is 15.3 Å². The van der Waals surface area contributed by atoms with Crippen LogP contribution in [0.3, 0.4) is 0 Å². The van der Waals surface area contributed by atoms with Gasteiger partial charge in [0.25, 0.3) is 0 Å². The van der Waals surface area contributed by atoms with Crippen LogP contribution >= 0.6 is 11.6 Å². The molecule has 2 N–H and O–H groups in total. The molecule has 2 heterocycles. The number of nitrogens with zero attached hydrogens (tertiary/aromatic N) is 5. The maximum Gasteiger partial charge on any atom is 0.335 e. The molecule has 0 saturated carbocycles. The normalized spacial score (nSPS) is 17.1. The molecular weight excluding hydrogens is 532 g/mol. The van der Waals surface area contributed by atoms with Crippen molar-refractivity contribution in [3.05, 3.63) is 107 Å². The zero-order valence-electron chi connectivity index (χ0n) is 21.2. The van der Waals surface area contributed by atoms with E-state index in [0.717, 1.165) is 18.4 Å². The second kappa shape index (κ2) is 11.9. The number of hydrogen-bond acceptors (Lipinski definition) is 6. The molecule has 0 radical (unpaired) electrons. The molecule has 0 aliphatic carbocycles. The van der Waals surface area contributed by atoms with Gasteiger partial charge in [0.15, 0.2) is 0 Å². The summed E-state index contributed by atoms with van der Waals surface area (Å²) in [5, 5.41) is 23.8. The maximum absolute atomic E-state index is 13.7. The fourth-order valence-electron chi connectivity index (χ4n) is 4.92. The highest BCUT2D eigenvalue weighted by Gasteiger charge is 2.39. The van der Waals surface area contributed by atoms with Gasteiger partial charge in [0.1, 0.15) is 12.4 Å². The first-order valence-electron chi connectivity index (χ1n) is 12.6. The standard InChI is InChI=1S/C29H25ClN6O4/c30-22-11-14-25(36-18-31-33-34-36)21(17-22)10-15-26(37)35-16-4-7-24(19-5-2-1-3-6-19)27(35)28(38)32-23-12-8-20(9-13-23)29(39)40/h1-3,5-6,8-15,17-18,24,27H,4,7,16H2,(H,32,38)(H,39,40)/b15-10+/t24-,27-/m1/s1. The summed E-state index contributed by atoms with van der Waals surface area (Å²) in [6, 6.07) is 19.9. The van der Waals surface area contributed by atoms with E-state index in [2.05, 4.69) is 20.8 Å². The van der Waals surface area contributed by atoms with Crippen LogP contribution < -0.4 is 5.32 Å². The molecule has 0 unspecified atom stereocenters. The minimum absolute atomic E-state index is 0.113. The molecule has 10 nitrogen and oxygen atoms in total. The smallest absolute Gasteiger partial charge is 0.335 e. The van der Waals surface area contributed by atoms with Gasteiger partial charge in [-0.2, -0.15) is 4.68 Å². The van der Waals surface area contributed by atoms with Crippen molar-refractivity contribution in [2.75, 3.05) is 11.9 Å². The molecule has 2 atom stereocenters. The van der Waals surface area contributed by atoms with Crippen molar-refractivity contribution in [3.63, 3.8) is 0 Å². The molecule has 202 valence electrons. The highest BCUT2D eigenvalue weighted by Crippen LogP contribution is 2.34. The Balaban J connectivity index is 1.44. The number of tetrazole rings is 1. The Labute approximate surface area is 234 Å². The number of carboxylic acids is 1. The summed E-state index contributed by atoms with van der Waals surface area (Å²) in [5.74, 6) is -1.96. The van der Waals surface area contributed by atoms with Crippen molar-refractivity contribution in [1.82, 2.24) is 25.1 Å². The fourth-order valence-corrected chi connectivity index (χ4v) is 5.11. The van der Waals surface area contributed by atoms with Crippen molar-refractivity contribution in [3.8, 4) is 5.69 Å². The van der Waals surface area contributed by atoms with Gasteiger partial charge in [-0.3, -0.25) is 9.59 Å². The van der Waals surface area contributed by atoms with Crippen molar-refractivity contribution in [2.24, 2.45) is 0 Å². The second-order valence-corrected chi connectivity index (χ2v) is 9.73. The Hall–Kier alpha value is -4.83. The van der Waals surface area contributed by atoms with Crippen molar-refractivity contribution in [2.45, 2.75) is 24.8 Å². The van der Waals surface area contributed by atoms with Crippen molar-refractivity contribution in [1.29, 1.82) is 0 Å². The van der Waals surface area contributed by atoms with E-state index in [4.69, 9.17) is 11.6 Å². The van der Waals surface area contributed by atoms with Crippen LogP contribution in [-0.4, -0.2) is 60.6 Å². The fraction of sp³-hybridized carbons (Fsp3) is 0.172. The first-order valence-corrected chi connectivity index (χ1v) is 13.0. The number of benzene rings is 3. The Bertz CT molecular complexity index is 1540. The van der Waals surface area contributed by atoms with Crippen LogP contribution in [0.25, 0.3) is 11.8 Å². The second-order valence-electron chi connectivity index (χ2n) is 9.30. The first kappa shape index (κ1) is 26.8. The number of amides is 2. The van der Waals surface area contributed by atoms with E-state index < -0.39 is 12.0 Å². The Morgan fingerprint density at radius 1 is 1.02 bits per heavy atom. The molecule has 1 aliphatic heterocycles. The van der Waals surface area contributed by atoms with Gasteiger partial charge in [-0.15, -0.1) is 5.10 Å². The van der Waals surface area contributed by atoms with Gasteiger partial charge in [-0.25, -0.2) is 4.79 Å². The van der Waals surface area contributed by atoms with E-state index in [0.29, 0.717) is 28.5 Å². The Morgan fingerprint density at radius 3 is 2.50 bits per heavy atom. The molecule has 1 saturated heterocycles. The van der Waals surface area contributed by atoms with Gasteiger partial charge >= 0.3 is 5.97 Å². The largest absolute Gasteiger partial charge is 0.478 e. The molecular formula is C29H25ClN6O4. The lowest BCUT2D eigenvalue weighted by atomic mass is 9.82. The zero-order valence-corrected chi connectivity index (χ0v) is 22.0. The highest BCUT2D eigenvalue weighted by molar-refractivity contribution is 6.30. The summed E-state index contributed by atoms with van der Waals surface area (Å²) < 4.78 is 1.47. The SMILES string of the molecule is O=C(O)c1ccc(NC(=O)[C@H]2[C@@H](c3ccccc3)CCCN2C(=O)/C=C/c2cc(Cl)ccc2-n2cnnn2)cc1. The van der Waals surface area contributed by atoms with E-state index in [1.165, 1.54) is 41.4 Å². The summed E-state index contributed by atoms with van der Waals surface area (Å²) >= 11 is 6.22. The van der Waals surface area contributed by atoms with Gasteiger partial charge in [0, 0.05) is 34.8 Å². The van der Waals surface area contributed by atoms with Crippen LogP contribution in [0.15, 0.2) is 85.2 Å². The average Bonchev–Trinajstić information content (AvgIpc) is 3.51. The van der Waals surface area contributed by atoms with Gasteiger partial charge in [-0.05, 0) is 77.4 Å². The molecule has 40 heavy (non-hydrogen) atoms. The van der Waals surface area contributed by atoms with E-state index in [1.54, 1.807) is 29.2 Å². The lowest BCUT2D eigenvalue weighted by Gasteiger charge is -2.40. The predicted octanol–water partition coefficient (Wildman–Crippen LogP) is 4.44. The van der Waals surface area contributed by atoms with E-state index in [-0.39, 0.29) is 23.3 Å². The number of nitrogens with one attached hydrogen (secondary N) is 1. The number of carbonyl (C=O) groups excluding carboxylic acids is 2. The molecule has 0 bridgehead atoms. The number of piperidine rings is 1. The molecule has 11 heteroatoms. The minimum Gasteiger partial charge on any atom is -0.478 e. The van der Waals surface area contributed by atoms with Crippen molar-refractivity contribution >= 4 is 41.1 Å².